The largest absolute Gasteiger partial charge is 0.319 e. The van der Waals surface area contributed by atoms with Crippen molar-refractivity contribution in [2.75, 3.05) is 20.6 Å². The van der Waals surface area contributed by atoms with Gasteiger partial charge in [-0.25, -0.2) is 0 Å². The van der Waals surface area contributed by atoms with Gasteiger partial charge < -0.3 is 10.6 Å². The van der Waals surface area contributed by atoms with Crippen LogP contribution in [0.1, 0.15) is 37.2 Å². The summed E-state index contributed by atoms with van der Waals surface area (Å²) in [7, 11) is 3.94. The molecule has 1 aromatic rings. The summed E-state index contributed by atoms with van der Waals surface area (Å²) in [6.07, 6.45) is 2.67. The molecule has 1 rings (SSSR count). The minimum absolute atomic E-state index is 0.126. The second kappa shape index (κ2) is 6.50. The van der Waals surface area contributed by atoms with Crippen LogP contribution in [-0.2, 0) is 6.54 Å². The maximum absolute atomic E-state index is 12.6. The number of rotatable bonds is 7. The second-order valence-electron chi connectivity index (χ2n) is 5.06. The Labute approximate surface area is 119 Å². The highest BCUT2D eigenvalue weighted by molar-refractivity contribution is 6.34. The van der Waals surface area contributed by atoms with Gasteiger partial charge in [-0.1, -0.05) is 25.4 Å². The van der Waals surface area contributed by atoms with Gasteiger partial charge in [-0.3, -0.25) is 9.48 Å². The SMILES string of the molecule is CCC(N)(CC)C(=O)c1c(Cl)cnn1CCN(C)C. The van der Waals surface area contributed by atoms with Crippen LogP contribution in [0.2, 0.25) is 5.02 Å². The number of likely N-dealkylation sites (N-methyl/N-ethyl adjacent to an activating group) is 1. The molecule has 0 aliphatic carbocycles. The first-order valence-corrected chi connectivity index (χ1v) is 6.93. The monoisotopic (exact) mass is 286 g/mol. The number of halogens is 1. The van der Waals surface area contributed by atoms with Crippen LogP contribution in [0.3, 0.4) is 0 Å². The van der Waals surface area contributed by atoms with E-state index >= 15 is 0 Å². The van der Waals surface area contributed by atoms with Crippen molar-refractivity contribution < 1.29 is 4.79 Å². The van der Waals surface area contributed by atoms with Gasteiger partial charge in [0.15, 0.2) is 0 Å². The Balaban J connectivity index is 3.05. The van der Waals surface area contributed by atoms with E-state index in [-0.39, 0.29) is 5.78 Å². The van der Waals surface area contributed by atoms with Gasteiger partial charge in [-0.15, -0.1) is 0 Å². The first-order valence-electron chi connectivity index (χ1n) is 6.55. The van der Waals surface area contributed by atoms with Crippen molar-refractivity contribution >= 4 is 17.4 Å². The average molecular weight is 287 g/mol. The molecule has 2 N–H and O–H groups in total. The number of Topliss-reactive ketones (excluding diaryl/α,β-unsaturated/α-hetero) is 1. The minimum atomic E-state index is -0.862. The lowest BCUT2D eigenvalue weighted by Gasteiger charge is -2.25. The number of ketones is 1. The Bertz CT molecular complexity index is 438. The zero-order valence-electron chi connectivity index (χ0n) is 12.1. The van der Waals surface area contributed by atoms with Crippen LogP contribution in [0.15, 0.2) is 6.20 Å². The van der Waals surface area contributed by atoms with Gasteiger partial charge in [0.25, 0.3) is 0 Å². The van der Waals surface area contributed by atoms with Gasteiger partial charge in [0.1, 0.15) is 5.69 Å². The fourth-order valence-corrected chi connectivity index (χ4v) is 2.09. The number of carbonyl (C=O) groups is 1. The molecule has 0 aliphatic rings. The summed E-state index contributed by atoms with van der Waals surface area (Å²) in [4.78, 5) is 14.6. The lowest BCUT2D eigenvalue weighted by Crippen LogP contribution is -2.47. The van der Waals surface area contributed by atoms with Crippen LogP contribution in [-0.4, -0.2) is 46.6 Å². The lowest BCUT2D eigenvalue weighted by molar-refractivity contribution is 0.0867. The summed E-state index contributed by atoms with van der Waals surface area (Å²) in [5.41, 5.74) is 5.73. The summed E-state index contributed by atoms with van der Waals surface area (Å²) < 4.78 is 1.65. The number of nitrogens with two attached hydrogens (primary N) is 1. The molecule has 0 amide bonds. The fourth-order valence-electron chi connectivity index (χ4n) is 1.86. The molecule has 0 fully saturated rings. The molecule has 108 valence electrons. The van der Waals surface area contributed by atoms with Crippen molar-refractivity contribution in [3.63, 3.8) is 0 Å². The maximum Gasteiger partial charge on any atom is 0.202 e. The molecular formula is C13H23ClN4O. The fraction of sp³-hybridized carbons (Fsp3) is 0.692. The normalized spacial score (nSPS) is 12.2. The van der Waals surface area contributed by atoms with E-state index in [9.17, 15) is 4.79 Å². The van der Waals surface area contributed by atoms with E-state index in [1.54, 1.807) is 4.68 Å². The Morgan fingerprint density at radius 3 is 2.53 bits per heavy atom. The number of aromatic nitrogens is 2. The smallest absolute Gasteiger partial charge is 0.202 e. The minimum Gasteiger partial charge on any atom is -0.319 e. The Morgan fingerprint density at radius 2 is 2.05 bits per heavy atom. The van der Waals surface area contributed by atoms with Crippen LogP contribution in [0.25, 0.3) is 0 Å². The predicted molar refractivity (Wildman–Crippen MR) is 77.6 cm³/mol. The van der Waals surface area contributed by atoms with Crippen LogP contribution in [0, 0.1) is 0 Å². The standard InChI is InChI=1S/C13H23ClN4O/c1-5-13(15,6-2)12(19)11-10(14)9-16-18(11)8-7-17(3)4/h9H,5-8,15H2,1-4H3. The Hall–Kier alpha value is -0.910. The summed E-state index contributed by atoms with van der Waals surface area (Å²) in [5.74, 6) is -0.126. The molecule has 0 bridgehead atoms. The average Bonchev–Trinajstić information content (AvgIpc) is 2.75. The van der Waals surface area contributed by atoms with Crippen LogP contribution in [0.4, 0.5) is 0 Å². The molecule has 0 saturated carbocycles. The van der Waals surface area contributed by atoms with Crippen molar-refractivity contribution in [1.29, 1.82) is 0 Å². The summed E-state index contributed by atoms with van der Waals surface area (Å²) in [6, 6.07) is 0. The highest BCUT2D eigenvalue weighted by Crippen LogP contribution is 2.24. The van der Waals surface area contributed by atoms with Gasteiger partial charge in [-0.2, -0.15) is 5.10 Å². The molecule has 0 saturated heterocycles. The van der Waals surface area contributed by atoms with E-state index < -0.39 is 5.54 Å². The van der Waals surface area contributed by atoms with Gasteiger partial charge in [-0.05, 0) is 26.9 Å². The Kier molecular flexibility index (Phi) is 5.52. The van der Waals surface area contributed by atoms with Crippen LogP contribution < -0.4 is 5.73 Å². The second-order valence-corrected chi connectivity index (χ2v) is 5.47. The molecule has 0 unspecified atom stereocenters. The predicted octanol–water partition coefficient (Wildman–Crippen LogP) is 1.80. The van der Waals surface area contributed by atoms with Crippen molar-refractivity contribution in [2.24, 2.45) is 5.73 Å². The maximum atomic E-state index is 12.6. The van der Waals surface area contributed by atoms with E-state index in [4.69, 9.17) is 17.3 Å². The molecule has 1 heterocycles. The first-order chi connectivity index (χ1) is 8.85. The van der Waals surface area contributed by atoms with E-state index in [1.807, 2.05) is 32.8 Å². The molecule has 1 aromatic heterocycles. The number of hydrogen-bond acceptors (Lipinski definition) is 4. The molecule has 5 nitrogen and oxygen atoms in total. The molecule has 0 radical (unpaired) electrons. The van der Waals surface area contributed by atoms with Gasteiger partial charge in [0.05, 0.1) is 23.3 Å². The summed E-state index contributed by atoms with van der Waals surface area (Å²) >= 11 is 6.10. The lowest BCUT2D eigenvalue weighted by atomic mass is 9.87. The number of nitrogens with zero attached hydrogens (tertiary/aromatic N) is 3. The third-order valence-corrected chi connectivity index (χ3v) is 3.76. The molecule has 0 aromatic carbocycles. The van der Waals surface area contributed by atoms with Crippen molar-refractivity contribution in [3.05, 3.63) is 16.9 Å². The molecule has 19 heavy (non-hydrogen) atoms. The van der Waals surface area contributed by atoms with Crippen LogP contribution in [0.5, 0.6) is 0 Å². The number of carbonyl (C=O) groups excluding carboxylic acids is 1. The third-order valence-electron chi connectivity index (χ3n) is 3.48. The van der Waals surface area contributed by atoms with Crippen LogP contribution >= 0.6 is 11.6 Å². The topological polar surface area (TPSA) is 64.2 Å². The van der Waals surface area contributed by atoms with Gasteiger partial charge >= 0.3 is 0 Å². The molecule has 0 spiro atoms. The number of hydrogen-bond donors (Lipinski definition) is 1. The van der Waals surface area contributed by atoms with Crippen molar-refractivity contribution in [3.8, 4) is 0 Å². The van der Waals surface area contributed by atoms with Crippen molar-refractivity contribution in [1.82, 2.24) is 14.7 Å². The molecule has 0 aliphatic heterocycles. The zero-order valence-corrected chi connectivity index (χ0v) is 12.9. The van der Waals surface area contributed by atoms with E-state index in [0.29, 0.717) is 30.1 Å². The third kappa shape index (κ3) is 3.55. The quantitative estimate of drug-likeness (QED) is 0.776. The van der Waals surface area contributed by atoms with E-state index in [2.05, 4.69) is 5.10 Å². The molecule has 0 atom stereocenters. The highest BCUT2D eigenvalue weighted by Gasteiger charge is 2.34. The van der Waals surface area contributed by atoms with E-state index in [0.717, 1.165) is 6.54 Å². The van der Waals surface area contributed by atoms with Crippen molar-refractivity contribution in [2.45, 2.75) is 38.8 Å². The zero-order chi connectivity index (χ0) is 14.6. The molecule has 6 heteroatoms. The first kappa shape index (κ1) is 16.1. The highest BCUT2D eigenvalue weighted by atomic mass is 35.5. The van der Waals surface area contributed by atoms with Gasteiger partial charge in [0.2, 0.25) is 5.78 Å². The molecular weight excluding hydrogens is 264 g/mol. The van der Waals surface area contributed by atoms with E-state index in [1.165, 1.54) is 6.20 Å². The Morgan fingerprint density at radius 1 is 1.47 bits per heavy atom. The summed E-state index contributed by atoms with van der Waals surface area (Å²) in [5, 5.41) is 4.55. The van der Waals surface area contributed by atoms with Gasteiger partial charge in [0, 0.05) is 6.54 Å². The summed E-state index contributed by atoms with van der Waals surface area (Å²) in [6.45, 7) is 5.23.